The Morgan fingerprint density at radius 2 is 2.28 bits per heavy atom. The summed E-state index contributed by atoms with van der Waals surface area (Å²) >= 11 is 0. The molecule has 0 saturated carbocycles. The fraction of sp³-hybridized carbons (Fsp3) is 0.700. The monoisotopic (exact) mass is 294 g/mol. The van der Waals surface area contributed by atoms with Gasteiger partial charge in [0.25, 0.3) is 0 Å². The van der Waals surface area contributed by atoms with Gasteiger partial charge in [-0.25, -0.2) is 8.42 Å². The molecule has 1 aromatic rings. The van der Waals surface area contributed by atoms with Crippen LogP contribution in [0.25, 0.3) is 0 Å². The third-order valence-corrected chi connectivity index (χ3v) is 4.95. The summed E-state index contributed by atoms with van der Waals surface area (Å²) < 4.78 is 27.6. The van der Waals surface area contributed by atoms with Gasteiger partial charge in [0, 0.05) is 26.3 Å². The summed E-state index contributed by atoms with van der Waals surface area (Å²) in [5.41, 5.74) is 5.61. The Kier molecular flexibility index (Phi) is 5.15. The molecule has 1 saturated heterocycles. The maximum atomic E-state index is 12.3. The van der Waals surface area contributed by atoms with Gasteiger partial charge in [0.05, 0.1) is 6.20 Å². The molecule has 1 unspecified atom stereocenters. The van der Waals surface area contributed by atoms with E-state index in [0.717, 1.165) is 12.8 Å². The van der Waals surface area contributed by atoms with E-state index in [0.29, 0.717) is 19.6 Å². The lowest BCUT2D eigenvalue weighted by molar-refractivity contribution is 0.271. The van der Waals surface area contributed by atoms with Crippen molar-refractivity contribution in [1.82, 2.24) is 14.1 Å². The predicted octanol–water partition coefficient (Wildman–Crippen LogP) is 0.201. The molecule has 1 atom stereocenters. The first-order valence-corrected chi connectivity index (χ1v) is 7.17. The van der Waals surface area contributed by atoms with Crippen molar-refractivity contribution in [3.05, 3.63) is 12.4 Å². The zero-order chi connectivity index (χ0) is 12.5. The number of nitrogens with two attached hydrogens (primary N) is 1. The normalized spacial score (nSPS) is 21.6. The van der Waals surface area contributed by atoms with E-state index in [9.17, 15) is 8.42 Å². The van der Waals surface area contributed by atoms with Gasteiger partial charge in [0.1, 0.15) is 4.90 Å². The van der Waals surface area contributed by atoms with E-state index in [1.54, 1.807) is 7.05 Å². The van der Waals surface area contributed by atoms with Crippen LogP contribution in [0.1, 0.15) is 12.8 Å². The number of nitrogens with zero attached hydrogens (tertiary/aromatic N) is 3. The van der Waals surface area contributed by atoms with Gasteiger partial charge in [-0.2, -0.15) is 9.40 Å². The van der Waals surface area contributed by atoms with E-state index < -0.39 is 10.0 Å². The van der Waals surface area contributed by atoms with Crippen molar-refractivity contribution >= 4 is 22.4 Å². The lowest BCUT2D eigenvalue weighted by Gasteiger charge is -2.30. The largest absolute Gasteiger partial charge is 0.330 e. The second kappa shape index (κ2) is 6.01. The van der Waals surface area contributed by atoms with Crippen molar-refractivity contribution in [1.29, 1.82) is 0 Å². The van der Waals surface area contributed by atoms with Crippen molar-refractivity contribution in [2.24, 2.45) is 18.7 Å². The van der Waals surface area contributed by atoms with Crippen LogP contribution in [-0.2, 0) is 17.1 Å². The zero-order valence-electron chi connectivity index (χ0n) is 10.3. The van der Waals surface area contributed by atoms with Gasteiger partial charge >= 0.3 is 0 Å². The quantitative estimate of drug-likeness (QED) is 0.863. The van der Waals surface area contributed by atoms with Crippen molar-refractivity contribution in [3.63, 3.8) is 0 Å². The summed E-state index contributed by atoms with van der Waals surface area (Å²) in [6.45, 7) is 1.64. The Labute approximate surface area is 114 Å². The number of halogens is 1. The molecule has 18 heavy (non-hydrogen) atoms. The third-order valence-electron chi connectivity index (χ3n) is 3.13. The fourth-order valence-corrected chi connectivity index (χ4v) is 3.66. The maximum absolute atomic E-state index is 12.3. The second-order valence-corrected chi connectivity index (χ2v) is 6.39. The zero-order valence-corrected chi connectivity index (χ0v) is 12.0. The molecule has 104 valence electrons. The molecule has 0 bridgehead atoms. The summed E-state index contributed by atoms with van der Waals surface area (Å²) in [4.78, 5) is 0.262. The summed E-state index contributed by atoms with van der Waals surface area (Å²) in [6, 6.07) is 0. The van der Waals surface area contributed by atoms with E-state index >= 15 is 0 Å². The highest BCUT2D eigenvalue weighted by molar-refractivity contribution is 7.89. The molecule has 2 heterocycles. The van der Waals surface area contributed by atoms with Gasteiger partial charge < -0.3 is 5.73 Å². The van der Waals surface area contributed by atoms with Gasteiger partial charge in [-0.05, 0) is 25.3 Å². The minimum absolute atomic E-state index is 0. The first kappa shape index (κ1) is 15.4. The van der Waals surface area contributed by atoms with Crippen LogP contribution < -0.4 is 5.73 Å². The van der Waals surface area contributed by atoms with Gasteiger partial charge in [0.2, 0.25) is 10.0 Å². The Bertz CT molecular complexity index is 488. The Morgan fingerprint density at radius 3 is 2.83 bits per heavy atom. The first-order chi connectivity index (χ1) is 8.04. The SMILES string of the molecule is Cl.Cn1cc(S(=O)(=O)N2CCCC(CN)C2)cn1. The summed E-state index contributed by atoms with van der Waals surface area (Å²) in [6.07, 6.45) is 4.81. The molecule has 1 aliphatic rings. The molecule has 2 N–H and O–H groups in total. The van der Waals surface area contributed by atoms with Crippen molar-refractivity contribution in [2.75, 3.05) is 19.6 Å². The molecular weight excluding hydrogens is 276 g/mol. The molecule has 1 aromatic heterocycles. The minimum Gasteiger partial charge on any atom is -0.330 e. The second-order valence-electron chi connectivity index (χ2n) is 4.46. The molecule has 0 aliphatic carbocycles. The molecule has 0 spiro atoms. The third kappa shape index (κ3) is 3.03. The summed E-state index contributed by atoms with van der Waals surface area (Å²) in [5, 5.41) is 3.90. The molecule has 0 amide bonds. The van der Waals surface area contributed by atoms with E-state index in [1.165, 1.54) is 21.4 Å². The highest BCUT2D eigenvalue weighted by Gasteiger charge is 2.30. The Hall–Kier alpha value is -0.630. The molecule has 0 radical (unpaired) electrons. The lowest BCUT2D eigenvalue weighted by atomic mass is 10.0. The Balaban J connectivity index is 0.00000162. The molecule has 1 aliphatic heterocycles. The molecular formula is C10H19ClN4O2S. The number of sulfonamides is 1. The summed E-state index contributed by atoms with van der Waals surface area (Å²) in [7, 11) is -1.68. The summed E-state index contributed by atoms with van der Waals surface area (Å²) in [5.74, 6) is 0.273. The first-order valence-electron chi connectivity index (χ1n) is 5.73. The molecule has 6 nitrogen and oxygen atoms in total. The predicted molar refractivity (Wildman–Crippen MR) is 71.0 cm³/mol. The van der Waals surface area contributed by atoms with Crippen LogP contribution in [0.3, 0.4) is 0 Å². The van der Waals surface area contributed by atoms with Gasteiger partial charge in [0.15, 0.2) is 0 Å². The highest BCUT2D eigenvalue weighted by Crippen LogP contribution is 2.22. The molecule has 2 rings (SSSR count). The van der Waals surface area contributed by atoms with Gasteiger partial charge in [-0.15, -0.1) is 12.4 Å². The van der Waals surface area contributed by atoms with Crippen molar-refractivity contribution in [3.8, 4) is 0 Å². The average Bonchev–Trinajstić information content (AvgIpc) is 2.76. The van der Waals surface area contributed by atoms with E-state index in [1.807, 2.05) is 0 Å². The number of hydrogen-bond donors (Lipinski definition) is 1. The smallest absolute Gasteiger partial charge is 0.246 e. The van der Waals surface area contributed by atoms with Crippen LogP contribution in [0.2, 0.25) is 0 Å². The van der Waals surface area contributed by atoms with E-state index in [-0.39, 0.29) is 23.2 Å². The topological polar surface area (TPSA) is 81.2 Å². The Morgan fingerprint density at radius 1 is 1.56 bits per heavy atom. The average molecular weight is 295 g/mol. The molecule has 1 fully saturated rings. The minimum atomic E-state index is -3.39. The van der Waals surface area contributed by atoms with Gasteiger partial charge in [-0.1, -0.05) is 0 Å². The van der Waals surface area contributed by atoms with Crippen LogP contribution in [0.4, 0.5) is 0 Å². The number of aryl methyl sites for hydroxylation is 1. The maximum Gasteiger partial charge on any atom is 0.246 e. The highest BCUT2D eigenvalue weighted by atomic mass is 35.5. The molecule has 8 heteroatoms. The van der Waals surface area contributed by atoms with Crippen LogP contribution >= 0.6 is 12.4 Å². The van der Waals surface area contributed by atoms with E-state index in [2.05, 4.69) is 5.10 Å². The number of aromatic nitrogens is 2. The molecule has 0 aromatic carbocycles. The van der Waals surface area contributed by atoms with Gasteiger partial charge in [-0.3, -0.25) is 4.68 Å². The van der Waals surface area contributed by atoms with Crippen LogP contribution in [-0.4, -0.2) is 42.1 Å². The van der Waals surface area contributed by atoms with Crippen molar-refractivity contribution in [2.45, 2.75) is 17.7 Å². The fourth-order valence-electron chi connectivity index (χ4n) is 2.12. The van der Waals surface area contributed by atoms with Crippen LogP contribution in [0, 0.1) is 5.92 Å². The number of piperidine rings is 1. The lowest BCUT2D eigenvalue weighted by Crippen LogP contribution is -2.41. The standard InChI is InChI=1S/C10H18N4O2S.ClH/c1-13-8-10(6-12-13)17(15,16)14-4-2-3-9(5-11)7-14;/h6,8-9H,2-5,7,11H2,1H3;1H. The number of rotatable bonds is 3. The number of hydrogen-bond acceptors (Lipinski definition) is 4. The van der Waals surface area contributed by atoms with Crippen LogP contribution in [0.15, 0.2) is 17.3 Å². The van der Waals surface area contributed by atoms with Crippen molar-refractivity contribution < 1.29 is 8.42 Å². The van der Waals surface area contributed by atoms with E-state index in [4.69, 9.17) is 5.73 Å². The van der Waals surface area contributed by atoms with Crippen LogP contribution in [0.5, 0.6) is 0 Å².